The number of benzene rings is 1. The number of rotatable bonds is 5. The molecule has 0 aliphatic heterocycles. The molecule has 2 N–H and O–H groups in total. The Balaban J connectivity index is 2.88. The smallest absolute Gasteiger partial charge is 0.338 e. The minimum Gasteiger partial charge on any atom is -0.465 e. The lowest BCUT2D eigenvalue weighted by molar-refractivity contribution is 0.0600. The Hall–Kier alpha value is -1.55. The molecule has 0 heterocycles. The third-order valence-electron chi connectivity index (χ3n) is 2.92. The summed E-state index contributed by atoms with van der Waals surface area (Å²) in [6.07, 6.45) is 0. The molecule has 0 bridgehead atoms. The highest BCUT2D eigenvalue weighted by atomic mass is 16.5. The molecule has 0 saturated heterocycles. The summed E-state index contributed by atoms with van der Waals surface area (Å²) in [4.78, 5) is 11.6. The molecule has 0 atom stereocenters. The van der Waals surface area contributed by atoms with Crippen LogP contribution < -0.4 is 5.32 Å². The van der Waals surface area contributed by atoms with Crippen LogP contribution in [-0.2, 0) is 4.74 Å². The molecule has 100 valence electrons. The monoisotopic (exact) mass is 251 g/mol. The fourth-order valence-electron chi connectivity index (χ4n) is 1.55. The highest BCUT2D eigenvalue weighted by molar-refractivity contribution is 5.92. The normalized spacial score (nSPS) is 11.2. The summed E-state index contributed by atoms with van der Waals surface area (Å²) in [7, 11) is 1.37. The molecule has 4 heteroatoms. The van der Waals surface area contributed by atoms with Crippen LogP contribution in [0, 0.1) is 12.3 Å². The van der Waals surface area contributed by atoms with E-state index in [2.05, 4.69) is 5.32 Å². The lowest BCUT2D eigenvalue weighted by Crippen LogP contribution is -2.27. The summed E-state index contributed by atoms with van der Waals surface area (Å²) in [5, 5.41) is 12.5. The molecule has 0 spiro atoms. The average Bonchev–Trinajstić information content (AvgIpc) is 2.36. The van der Waals surface area contributed by atoms with Gasteiger partial charge in [-0.3, -0.25) is 0 Å². The third kappa shape index (κ3) is 3.47. The largest absolute Gasteiger partial charge is 0.465 e. The summed E-state index contributed by atoms with van der Waals surface area (Å²) in [6, 6.07) is 5.46. The van der Waals surface area contributed by atoms with Gasteiger partial charge < -0.3 is 15.2 Å². The molecule has 0 saturated carbocycles. The Morgan fingerprint density at radius 2 is 2.11 bits per heavy atom. The Labute approximate surface area is 108 Å². The summed E-state index contributed by atoms with van der Waals surface area (Å²) in [5.74, 6) is -0.336. The van der Waals surface area contributed by atoms with Gasteiger partial charge in [-0.05, 0) is 24.6 Å². The second kappa shape index (κ2) is 5.87. The molecular weight excluding hydrogens is 230 g/mol. The number of esters is 1. The van der Waals surface area contributed by atoms with Crippen molar-refractivity contribution in [2.24, 2.45) is 5.41 Å². The van der Waals surface area contributed by atoms with E-state index in [9.17, 15) is 9.90 Å². The molecule has 0 aliphatic rings. The van der Waals surface area contributed by atoms with Crippen LogP contribution in [0.2, 0.25) is 0 Å². The minimum atomic E-state index is -0.336. The standard InChI is InChI=1S/C14H21NO3/c1-10-11(13(17)18-4)6-5-7-12(10)15-8-14(2,3)9-16/h5-7,15-16H,8-9H2,1-4H3. The highest BCUT2D eigenvalue weighted by Gasteiger charge is 2.17. The molecule has 0 radical (unpaired) electrons. The molecule has 0 aliphatic carbocycles. The van der Waals surface area contributed by atoms with E-state index in [1.807, 2.05) is 32.9 Å². The predicted molar refractivity (Wildman–Crippen MR) is 71.9 cm³/mol. The predicted octanol–water partition coefficient (Wildman–Crippen LogP) is 2.21. The number of anilines is 1. The Morgan fingerprint density at radius 3 is 2.67 bits per heavy atom. The van der Waals surface area contributed by atoms with E-state index in [1.54, 1.807) is 6.07 Å². The van der Waals surface area contributed by atoms with Gasteiger partial charge in [0.2, 0.25) is 0 Å². The maximum Gasteiger partial charge on any atom is 0.338 e. The van der Waals surface area contributed by atoms with Gasteiger partial charge in [0, 0.05) is 24.3 Å². The molecular formula is C14H21NO3. The van der Waals surface area contributed by atoms with Crippen molar-refractivity contribution in [3.05, 3.63) is 29.3 Å². The zero-order valence-electron chi connectivity index (χ0n) is 11.4. The lowest BCUT2D eigenvalue weighted by atomic mass is 9.94. The zero-order valence-corrected chi connectivity index (χ0v) is 11.4. The first-order valence-corrected chi connectivity index (χ1v) is 5.94. The number of methoxy groups -OCH3 is 1. The molecule has 1 rings (SSSR count). The molecule has 1 aromatic carbocycles. The number of hydrogen-bond acceptors (Lipinski definition) is 4. The quantitative estimate of drug-likeness (QED) is 0.788. The van der Waals surface area contributed by atoms with Gasteiger partial charge in [0.1, 0.15) is 0 Å². The van der Waals surface area contributed by atoms with Crippen molar-refractivity contribution in [2.45, 2.75) is 20.8 Å². The minimum absolute atomic E-state index is 0.107. The summed E-state index contributed by atoms with van der Waals surface area (Å²) >= 11 is 0. The molecule has 0 amide bonds. The van der Waals surface area contributed by atoms with E-state index in [0.29, 0.717) is 12.1 Å². The maximum atomic E-state index is 11.6. The molecule has 4 nitrogen and oxygen atoms in total. The summed E-state index contributed by atoms with van der Waals surface area (Å²) < 4.78 is 4.73. The van der Waals surface area contributed by atoms with Crippen molar-refractivity contribution < 1.29 is 14.6 Å². The number of nitrogens with one attached hydrogen (secondary N) is 1. The molecule has 18 heavy (non-hydrogen) atoms. The van der Waals surface area contributed by atoms with E-state index in [-0.39, 0.29) is 18.0 Å². The first kappa shape index (κ1) is 14.5. The summed E-state index contributed by atoms with van der Waals surface area (Å²) in [5.41, 5.74) is 2.11. The van der Waals surface area contributed by atoms with Gasteiger partial charge in [0.05, 0.1) is 12.7 Å². The van der Waals surface area contributed by atoms with Crippen molar-refractivity contribution in [3.63, 3.8) is 0 Å². The number of carbonyl (C=O) groups is 1. The Kier molecular flexibility index (Phi) is 4.73. The van der Waals surface area contributed by atoms with Crippen LogP contribution in [0.1, 0.15) is 29.8 Å². The Bertz CT molecular complexity index is 427. The van der Waals surface area contributed by atoms with Crippen molar-refractivity contribution in [1.29, 1.82) is 0 Å². The summed E-state index contributed by atoms with van der Waals surface area (Å²) in [6.45, 7) is 6.56. The van der Waals surface area contributed by atoms with Crippen molar-refractivity contribution >= 4 is 11.7 Å². The lowest BCUT2D eigenvalue weighted by Gasteiger charge is -2.23. The van der Waals surface area contributed by atoms with E-state index in [4.69, 9.17) is 4.74 Å². The van der Waals surface area contributed by atoms with E-state index in [1.165, 1.54) is 7.11 Å². The number of aliphatic hydroxyl groups excluding tert-OH is 1. The van der Waals surface area contributed by atoms with Gasteiger partial charge in [0.25, 0.3) is 0 Å². The van der Waals surface area contributed by atoms with Crippen LogP contribution in [0.25, 0.3) is 0 Å². The second-order valence-electron chi connectivity index (χ2n) is 5.15. The van der Waals surface area contributed by atoms with Crippen molar-refractivity contribution in [3.8, 4) is 0 Å². The highest BCUT2D eigenvalue weighted by Crippen LogP contribution is 2.22. The molecule has 0 aromatic heterocycles. The van der Waals surface area contributed by atoms with Gasteiger partial charge in [-0.2, -0.15) is 0 Å². The fraction of sp³-hybridized carbons (Fsp3) is 0.500. The first-order chi connectivity index (χ1) is 8.41. The Morgan fingerprint density at radius 1 is 1.44 bits per heavy atom. The van der Waals surface area contributed by atoms with Crippen LogP contribution in [-0.4, -0.2) is 31.3 Å². The fourth-order valence-corrected chi connectivity index (χ4v) is 1.55. The van der Waals surface area contributed by atoms with Gasteiger partial charge in [-0.15, -0.1) is 0 Å². The number of aliphatic hydroxyl groups is 1. The molecule has 1 aromatic rings. The van der Waals surface area contributed by atoms with Gasteiger partial charge in [-0.25, -0.2) is 4.79 Å². The SMILES string of the molecule is COC(=O)c1cccc(NCC(C)(C)CO)c1C. The van der Waals surface area contributed by atoms with E-state index in [0.717, 1.165) is 11.3 Å². The van der Waals surface area contributed by atoms with Gasteiger partial charge >= 0.3 is 5.97 Å². The van der Waals surface area contributed by atoms with Crippen LogP contribution in [0.15, 0.2) is 18.2 Å². The number of ether oxygens (including phenoxy) is 1. The second-order valence-corrected chi connectivity index (χ2v) is 5.15. The number of carbonyl (C=O) groups excluding carboxylic acids is 1. The van der Waals surface area contributed by atoms with Crippen molar-refractivity contribution in [2.75, 3.05) is 25.6 Å². The third-order valence-corrected chi connectivity index (χ3v) is 2.92. The van der Waals surface area contributed by atoms with E-state index < -0.39 is 0 Å². The van der Waals surface area contributed by atoms with E-state index >= 15 is 0 Å². The molecule has 0 unspecified atom stereocenters. The first-order valence-electron chi connectivity index (χ1n) is 5.94. The topological polar surface area (TPSA) is 58.6 Å². The number of hydrogen-bond donors (Lipinski definition) is 2. The van der Waals surface area contributed by atoms with Crippen molar-refractivity contribution in [1.82, 2.24) is 0 Å². The average molecular weight is 251 g/mol. The zero-order chi connectivity index (χ0) is 13.8. The maximum absolute atomic E-state index is 11.6. The van der Waals surface area contributed by atoms with Gasteiger partial charge in [0.15, 0.2) is 0 Å². The molecule has 0 fully saturated rings. The van der Waals surface area contributed by atoms with Crippen LogP contribution in [0.3, 0.4) is 0 Å². The van der Waals surface area contributed by atoms with Gasteiger partial charge in [-0.1, -0.05) is 19.9 Å². The van der Waals surface area contributed by atoms with Crippen LogP contribution in [0.5, 0.6) is 0 Å². The van der Waals surface area contributed by atoms with Crippen LogP contribution >= 0.6 is 0 Å². The van der Waals surface area contributed by atoms with Crippen LogP contribution in [0.4, 0.5) is 5.69 Å².